The second-order valence-corrected chi connectivity index (χ2v) is 22.0. The highest BCUT2D eigenvalue weighted by Crippen LogP contribution is 2.17. The summed E-state index contributed by atoms with van der Waals surface area (Å²) < 4.78 is 16.8. The summed E-state index contributed by atoms with van der Waals surface area (Å²) in [4.78, 5) is 38.3. The first kappa shape index (κ1) is 77.3. The fourth-order valence-corrected chi connectivity index (χ4v) is 9.14. The summed E-state index contributed by atoms with van der Waals surface area (Å²) in [5.74, 6) is -1.05. The van der Waals surface area contributed by atoms with E-state index >= 15 is 0 Å². The summed E-state index contributed by atoms with van der Waals surface area (Å²) in [7, 11) is 0. The van der Waals surface area contributed by atoms with E-state index in [2.05, 4.69) is 154 Å². The Hall–Kier alpha value is -4.71. The van der Waals surface area contributed by atoms with Gasteiger partial charge in [-0.25, -0.2) is 0 Å². The summed E-state index contributed by atoms with van der Waals surface area (Å²) in [6.07, 6.45) is 98.9. The molecule has 0 saturated carbocycles. The molecule has 0 aromatic heterocycles. The van der Waals surface area contributed by atoms with Crippen LogP contribution in [0, 0.1) is 0 Å². The SMILES string of the molecule is CC/C=C\C/C=C\C/C=C\C/C=C\C/C=C\C/C=C\C/C=C\CCCCCCCCCC(=O)OCC(COC(=O)C/C=C\C/C=C\C/C=C\C/C=C\C/C=C\CC)OC(=O)CCCCCCCCCCCCCCCCCCCCCC. The van der Waals surface area contributed by atoms with Gasteiger partial charge in [-0.2, -0.15) is 0 Å². The molecule has 0 aliphatic carbocycles. The number of esters is 3. The zero-order valence-corrected chi connectivity index (χ0v) is 53.2. The number of carbonyl (C=O) groups excluding carboxylic acids is 3. The summed E-state index contributed by atoms with van der Waals surface area (Å²) in [5.41, 5.74) is 0. The van der Waals surface area contributed by atoms with Gasteiger partial charge < -0.3 is 14.2 Å². The third-order valence-electron chi connectivity index (χ3n) is 14.1. The van der Waals surface area contributed by atoms with Gasteiger partial charge in [-0.05, 0) is 103 Å². The third-order valence-corrected chi connectivity index (χ3v) is 14.1. The third kappa shape index (κ3) is 66.1. The van der Waals surface area contributed by atoms with Gasteiger partial charge in [0, 0.05) is 12.8 Å². The van der Waals surface area contributed by atoms with Crippen molar-refractivity contribution in [3.63, 3.8) is 0 Å². The number of unbranched alkanes of at least 4 members (excludes halogenated alkanes) is 26. The maximum absolute atomic E-state index is 12.9. The quantitative estimate of drug-likeness (QED) is 0.0261. The zero-order chi connectivity index (χ0) is 59.2. The molecule has 0 N–H and O–H groups in total. The van der Waals surface area contributed by atoms with Gasteiger partial charge >= 0.3 is 17.9 Å². The lowest BCUT2D eigenvalue weighted by atomic mass is 10.0. The van der Waals surface area contributed by atoms with Crippen LogP contribution in [0.1, 0.15) is 297 Å². The Labute approximate surface area is 506 Å². The van der Waals surface area contributed by atoms with Crippen molar-refractivity contribution in [3.8, 4) is 0 Å². The Morgan fingerprint density at radius 3 is 0.854 bits per heavy atom. The highest BCUT2D eigenvalue weighted by Gasteiger charge is 2.19. The van der Waals surface area contributed by atoms with Crippen LogP contribution >= 0.6 is 0 Å². The van der Waals surface area contributed by atoms with E-state index in [9.17, 15) is 14.4 Å². The summed E-state index contributed by atoms with van der Waals surface area (Å²) >= 11 is 0. The van der Waals surface area contributed by atoms with E-state index in [1.807, 2.05) is 6.08 Å². The van der Waals surface area contributed by atoms with Gasteiger partial charge in [-0.15, -0.1) is 0 Å². The van der Waals surface area contributed by atoms with Crippen molar-refractivity contribution in [1.82, 2.24) is 0 Å². The van der Waals surface area contributed by atoms with Crippen molar-refractivity contribution >= 4 is 17.9 Å². The van der Waals surface area contributed by atoms with Gasteiger partial charge in [-0.3, -0.25) is 14.4 Å². The van der Waals surface area contributed by atoms with E-state index in [1.54, 1.807) is 6.08 Å². The predicted molar refractivity (Wildman–Crippen MR) is 357 cm³/mol. The monoisotopic (exact) mass is 1130 g/mol. The highest BCUT2D eigenvalue weighted by atomic mass is 16.6. The number of hydrogen-bond donors (Lipinski definition) is 0. The molecule has 0 spiro atoms. The van der Waals surface area contributed by atoms with E-state index in [-0.39, 0.29) is 31.6 Å². The molecule has 82 heavy (non-hydrogen) atoms. The maximum atomic E-state index is 12.9. The Balaban J connectivity index is 4.42. The molecule has 1 unspecified atom stereocenters. The number of ether oxygens (including phenoxy) is 3. The molecule has 0 fully saturated rings. The lowest BCUT2D eigenvalue weighted by Gasteiger charge is -2.18. The molecular weight excluding hydrogens is 1010 g/mol. The van der Waals surface area contributed by atoms with Crippen LogP contribution in [0.15, 0.2) is 146 Å². The number of carbonyl (C=O) groups is 3. The molecule has 464 valence electrons. The van der Waals surface area contributed by atoms with Crippen molar-refractivity contribution in [2.24, 2.45) is 0 Å². The van der Waals surface area contributed by atoms with Crippen molar-refractivity contribution in [2.45, 2.75) is 303 Å². The lowest BCUT2D eigenvalue weighted by Crippen LogP contribution is -2.30. The smallest absolute Gasteiger partial charge is 0.309 e. The predicted octanol–water partition coefficient (Wildman–Crippen LogP) is 23.5. The van der Waals surface area contributed by atoms with Crippen molar-refractivity contribution in [2.75, 3.05) is 13.2 Å². The van der Waals surface area contributed by atoms with Crippen LogP contribution in [0.2, 0.25) is 0 Å². The summed E-state index contributed by atoms with van der Waals surface area (Å²) in [6.45, 7) is 6.34. The molecule has 0 heterocycles. The molecule has 0 aliphatic heterocycles. The molecule has 0 aromatic rings. The minimum absolute atomic E-state index is 0.116. The van der Waals surface area contributed by atoms with Crippen LogP contribution < -0.4 is 0 Å². The first-order valence-corrected chi connectivity index (χ1v) is 33.8. The molecule has 0 aliphatic rings. The molecule has 0 saturated heterocycles. The standard InChI is InChI=1S/C76H124O6/c1-4-7-10-13-16-19-22-25-28-30-32-34-35-36-37-38-39-40-41-42-44-45-48-51-54-57-60-63-66-69-75(78)81-72-73(71-80-74(77)68-65-62-59-56-53-50-47-27-24-21-18-15-12-9-6-3)82-76(79)70-67-64-61-58-55-52-49-46-43-33-31-29-26-23-20-17-14-11-8-5-2/h7,9-10,12,16,18-19,21,25,27-28,32,34,36-37,39-40,42,44,47,53,56,62,65,73H,4-6,8,11,13-15,17,20,22-24,26,29-31,33,35,38,41,43,45-46,48-52,54-55,57-61,63-64,66-72H2,1-3H3/b10-7-,12-9-,19-16-,21-18-,28-25-,34-32-,37-36-,40-39-,44-42-,47-27-,56-53-,65-62-. The van der Waals surface area contributed by atoms with E-state index in [1.165, 1.54) is 135 Å². The van der Waals surface area contributed by atoms with Crippen molar-refractivity contribution < 1.29 is 28.6 Å². The van der Waals surface area contributed by atoms with Crippen LogP contribution in [0.3, 0.4) is 0 Å². The van der Waals surface area contributed by atoms with Crippen LogP contribution in [-0.4, -0.2) is 37.2 Å². The van der Waals surface area contributed by atoms with Crippen LogP contribution in [0.4, 0.5) is 0 Å². The van der Waals surface area contributed by atoms with Crippen molar-refractivity contribution in [1.29, 1.82) is 0 Å². The van der Waals surface area contributed by atoms with Gasteiger partial charge in [0.1, 0.15) is 13.2 Å². The number of hydrogen-bond acceptors (Lipinski definition) is 6. The molecular formula is C76H124O6. The Morgan fingerprint density at radius 2 is 0.524 bits per heavy atom. The Morgan fingerprint density at radius 1 is 0.268 bits per heavy atom. The summed E-state index contributed by atoms with van der Waals surface area (Å²) in [6, 6.07) is 0. The largest absolute Gasteiger partial charge is 0.462 e. The van der Waals surface area contributed by atoms with E-state index in [0.29, 0.717) is 12.8 Å². The molecule has 0 aromatic carbocycles. The minimum atomic E-state index is -0.828. The maximum Gasteiger partial charge on any atom is 0.309 e. The minimum Gasteiger partial charge on any atom is -0.462 e. The van der Waals surface area contributed by atoms with Gasteiger partial charge in [0.25, 0.3) is 0 Å². The van der Waals surface area contributed by atoms with Gasteiger partial charge in [0.2, 0.25) is 0 Å². The number of rotatable bonds is 60. The van der Waals surface area contributed by atoms with Crippen LogP contribution in [-0.2, 0) is 28.6 Å². The molecule has 1 atom stereocenters. The Bertz CT molecular complexity index is 1780. The van der Waals surface area contributed by atoms with Gasteiger partial charge in [0.05, 0.1) is 6.42 Å². The molecule has 0 rings (SSSR count). The zero-order valence-electron chi connectivity index (χ0n) is 53.2. The first-order chi connectivity index (χ1) is 40.5. The summed E-state index contributed by atoms with van der Waals surface area (Å²) in [5, 5.41) is 0. The van der Waals surface area contributed by atoms with Gasteiger partial charge in [0.15, 0.2) is 6.10 Å². The highest BCUT2D eigenvalue weighted by molar-refractivity contribution is 5.72. The molecule has 6 heteroatoms. The van der Waals surface area contributed by atoms with Gasteiger partial charge in [-0.1, -0.05) is 321 Å². The average Bonchev–Trinajstić information content (AvgIpc) is 3.47. The average molecular weight is 1130 g/mol. The molecule has 0 radical (unpaired) electrons. The van der Waals surface area contributed by atoms with Crippen LogP contribution in [0.25, 0.3) is 0 Å². The second kappa shape index (κ2) is 68.8. The molecule has 0 bridgehead atoms. The normalized spacial score (nSPS) is 13.1. The first-order valence-electron chi connectivity index (χ1n) is 33.8. The Kier molecular flexibility index (Phi) is 64.8. The lowest BCUT2D eigenvalue weighted by molar-refractivity contribution is -0.166. The number of allylic oxidation sites excluding steroid dienone is 23. The van der Waals surface area contributed by atoms with Crippen LogP contribution in [0.5, 0.6) is 0 Å². The second-order valence-electron chi connectivity index (χ2n) is 22.0. The fourth-order valence-electron chi connectivity index (χ4n) is 9.14. The van der Waals surface area contributed by atoms with Crippen molar-refractivity contribution in [3.05, 3.63) is 146 Å². The van der Waals surface area contributed by atoms with E-state index in [4.69, 9.17) is 14.2 Å². The van der Waals surface area contributed by atoms with E-state index < -0.39 is 12.1 Å². The van der Waals surface area contributed by atoms with E-state index in [0.717, 1.165) is 122 Å². The molecule has 0 amide bonds. The molecule has 6 nitrogen and oxygen atoms in total. The topological polar surface area (TPSA) is 78.9 Å². The fraction of sp³-hybridized carbons (Fsp3) is 0.645.